The van der Waals surface area contributed by atoms with Gasteiger partial charge in [0.05, 0.1) is 18.3 Å². The first-order valence-corrected chi connectivity index (χ1v) is 7.48. The molecule has 0 aromatic heterocycles. The maximum absolute atomic E-state index is 11.6. The lowest BCUT2D eigenvalue weighted by Gasteiger charge is -2.19. The monoisotopic (exact) mass is 280 g/mol. The summed E-state index contributed by atoms with van der Waals surface area (Å²) in [5, 5.41) is 20.0. The smallest absolute Gasteiger partial charge is 0.330 e. The molecule has 0 saturated heterocycles. The fraction of sp³-hybridized carbons (Fsp3) is 0.688. The molecule has 0 radical (unpaired) electrons. The van der Waals surface area contributed by atoms with E-state index in [9.17, 15) is 15.0 Å². The number of aliphatic hydroxyl groups excluding tert-OH is 2. The molecular formula is C16H24O4. The van der Waals surface area contributed by atoms with Crippen LogP contribution in [0.3, 0.4) is 0 Å². The van der Waals surface area contributed by atoms with Crippen LogP contribution in [-0.4, -0.2) is 34.5 Å². The van der Waals surface area contributed by atoms with Gasteiger partial charge in [0.15, 0.2) is 0 Å². The molecule has 4 heteroatoms. The Kier molecular flexibility index (Phi) is 5.38. The minimum atomic E-state index is -0.717. The number of ether oxygens (including phenoxy) is 1. The molecule has 2 aliphatic rings. The van der Waals surface area contributed by atoms with E-state index in [1.54, 1.807) is 0 Å². The van der Waals surface area contributed by atoms with Crippen molar-refractivity contribution in [2.75, 3.05) is 0 Å². The Morgan fingerprint density at radius 1 is 1.25 bits per heavy atom. The third-order valence-corrected chi connectivity index (χ3v) is 4.19. The molecule has 1 saturated carbocycles. The van der Waals surface area contributed by atoms with Gasteiger partial charge in [-0.05, 0) is 56.9 Å². The molecule has 0 aromatic carbocycles. The van der Waals surface area contributed by atoms with E-state index in [-0.39, 0.29) is 24.0 Å². The van der Waals surface area contributed by atoms with Gasteiger partial charge in [-0.1, -0.05) is 12.2 Å². The van der Waals surface area contributed by atoms with Crippen molar-refractivity contribution in [3.8, 4) is 0 Å². The summed E-state index contributed by atoms with van der Waals surface area (Å²) in [5.74, 6) is -0.249. The number of hydrogen-bond acceptors (Lipinski definition) is 4. The zero-order valence-corrected chi connectivity index (χ0v) is 11.9. The van der Waals surface area contributed by atoms with E-state index < -0.39 is 12.1 Å². The van der Waals surface area contributed by atoms with Crippen LogP contribution in [0.4, 0.5) is 0 Å². The summed E-state index contributed by atoms with van der Waals surface area (Å²) in [6.45, 7) is 1.89. The summed E-state index contributed by atoms with van der Waals surface area (Å²) >= 11 is 0. The van der Waals surface area contributed by atoms with Crippen LogP contribution < -0.4 is 0 Å². The van der Waals surface area contributed by atoms with E-state index in [1.165, 1.54) is 12.2 Å². The van der Waals surface area contributed by atoms with Crippen molar-refractivity contribution in [1.29, 1.82) is 0 Å². The van der Waals surface area contributed by atoms with Crippen LogP contribution in [0.1, 0.15) is 39.0 Å². The molecule has 1 aliphatic carbocycles. The third kappa shape index (κ3) is 4.18. The van der Waals surface area contributed by atoms with Crippen molar-refractivity contribution in [2.45, 2.75) is 57.3 Å². The van der Waals surface area contributed by atoms with Gasteiger partial charge in [-0.2, -0.15) is 0 Å². The lowest BCUT2D eigenvalue weighted by molar-refractivity contribution is -0.142. The number of cyclic esters (lactones) is 1. The van der Waals surface area contributed by atoms with Crippen LogP contribution in [0.2, 0.25) is 0 Å². The predicted molar refractivity (Wildman–Crippen MR) is 75.9 cm³/mol. The predicted octanol–water partition coefficient (Wildman–Crippen LogP) is 1.96. The highest BCUT2D eigenvalue weighted by molar-refractivity contribution is 5.82. The van der Waals surface area contributed by atoms with Crippen LogP contribution in [0.5, 0.6) is 0 Å². The topological polar surface area (TPSA) is 66.8 Å². The molecule has 5 atom stereocenters. The van der Waals surface area contributed by atoms with Crippen LogP contribution in [0.15, 0.2) is 24.3 Å². The summed E-state index contributed by atoms with van der Waals surface area (Å²) in [6.07, 6.45) is 9.87. The van der Waals surface area contributed by atoms with Crippen molar-refractivity contribution in [2.24, 2.45) is 11.8 Å². The van der Waals surface area contributed by atoms with Gasteiger partial charge in [0.1, 0.15) is 0 Å². The Bertz CT molecular complexity index is 388. The average Bonchev–Trinajstić information content (AvgIpc) is 2.76. The van der Waals surface area contributed by atoms with Crippen LogP contribution in [0.25, 0.3) is 0 Å². The van der Waals surface area contributed by atoms with Crippen molar-refractivity contribution < 1.29 is 19.7 Å². The Hall–Kier alpha value is -1.13. The zero-order valence-electron chi connectivity index (χ0n) is 11.9. The number of aliphatic hydroxyl groups is 2. The molecule has 2 rings (SSSR count). The fourth-order valence-corrected chi connectivity index (χ4v) is 3.10. The van der Waals surface area contributed by atoms with Crippen LogP contribution >= 0.6 is 0 Å². The molecule has 0 aromatic rings. The largest absolute Gasteiger partial charge is 0.460 e. The number of allylic oxidation sites excluding steroid dienone is 2. The highest BCUT2D eigenvalue weighted by atomic mass is 16.5. The molecule has 0 bridgehead atoms. The molecule has 4 nitrogen and oxygen atoms in total. The summed E-state index contributed by atoms with van der Waals surface area (Å²) in [4.78, 5) is 11.6. The Morgan fingerprint density at radius 2 is 2.05 bits per heavy atom. The van der Waals surface area contributed by atoms with Crippen molar-refractivity contribution in [1.82, 2.24) is 0 Å². The second-order valence-electron chi connectivity index (χ2n) is 5.91. The number of carbonyl (C=O) groups is 1. The van der Waals surface area contributed by atoms with Gasteiger partial charge in [-0.25, -0.2) is 4.79 Å². The normalized spacial score (nSPS) is 42.5. The third-order valence-electron chi connectivity index (χ3n) is 4.19. The zero-order chi connectivity index (χ0) is 14.5. The van der Waals surface area contributed by atoms with Gasteiger partial charge in [-0.3, -0.25) is 0 Å². The number of carbonyl (C=O) groups excluding carboxylic acids is 1. The first kappa shape index (κ1) is 15.3. The van der Waals surface area contributed by atoms with Gasteiger partial charge < -0.3 is 14.9 Å². The molecule has 20 heavy (non-hydrogen) atoms. The quantitative estimate of drug-likeness (QED) is 0.526. The second-order valence-corrected chi connectivity index (χ2v) is 5.91. The highest BCUT2D eigenvalue weighted by Crippen LogP contribution is 2.36. The van der Waals surface area contributed by atoms with E-state index in [2.05, 4.69) is 12.2 Å². The molecule has 0 amide bonds. The average molecular weight is 280 g/mol. The number of fused-ring (bicyclic) bond motifs is 1. The molecule has 0 spiro atoms. The van der Waals surface area contributed by atoms with Crippen LogP contribution in [-0.2, 0) is 9.53 Å². The molecule has 2 N–H and O–H groups in total. The molecule has 0 unspecified atom stereocenters. The van der Waals surface area contributed by atoms with Crippen molar-refractivity contribution in [3.63, 3.8) is 0 Å². The Labute approximate surface area is 120 Å². The lowest BCUT2D eigenvalue weighted by atomic mass is 9.90. The molecular weight excluding hydrogens is 256 g/mol. The molecule has 1 aliphatic heterocycles. The standard InChI is InChI=1S/C16H24O4/c1-11-5-3-2-4-6-12-9-13(17)10-14(12)15(18)7-8-16(19)20-11/h4,6-8,11-15,17-18H,2-3,5,9-10H2,1H3/b6-4+,8-7+/t11-,12-,13+,14-,15+/m1/s1. The summed E-state index contributed by atoms with van der Waals surface area (Å²) in [6, 6.07) is 0. The van der Waals surface area contributed by atoms with E-state index in [1.807, 2.05) is 6.92 Å². The van der Waals surface area contributed by atoms with E-state index >= 15 is 0 Å². The minimum absolute atomic E-state index is 0.0246. The SMILES string of the molecule is C[C@@H]1CCC/C=C/[C@@H]2C[C@H](O)C[C@H]2[C@@H](O)/C=C/C(=O)O1. The highest BCUT2D eigenvalue weighted by Gasteiger charge is 2.35. The summed E-state index contributed by atoms with van der Waals surface area (Å²) in [7, 11) is 0. The van der Waals surface area contributed by atoms with Gasteiger partial charge in [0, 0.05) is 6.08 Å². The maximum Gasteiger partial charge on any atom is 0.330 e. The minimum Gasteiger partial charge on any atom is -0.460 e. The Morgan fingerprint density at radius 3 is 2.85 bits per heavy atom. The van der Waals surface area contributed by atoms with Gasteiger partial charge in [-0.15, -0.1) is 0 Å². The van der Waals surface area contributed by atoms with E-state index in [0.717, 1.165) is 19.3 Å². The lowest BCUT2D eigenvalue weighted by Crippen LogP contribution is -2.21. The molecule has 1 heterocycles. The Balaban J connectivity index is 2.11. The first-order chi connectivity index (χ1) is 9.56. The van der Waals surface area contributed by atoms with Gasteiger partial charge in [0.2, 0.25) is 0 Å². The fourth-order valence-electron chi connectivity index (χ4n) is 3.10. The number of hydrogen-bond donors (Lipinski definition) is 2. The first-order valence-electron chi connectivity index (χ1n) is 7.48. The van der Waals surface area contributed by atoms with E-state index in [0.29, 0.717) is 12.8 Å². The van der Waals surface area contributed by atoms with Crippen molar-refractivity contribution >= 4 is 5.97 Å². The molecule has 1 fully saturated rings. The van der Waals surface area contributed by atoms with Gasteiger partial charge >= 0.3 is 5.97 Å². The second kappa shape index (κ2) is 7.04. The van der Waals surface area contributed by atoms with Crippen molar-refractivity contribution in [3.05, 3.63) is 24.3 Å². The summed E-state index contributed by atoms with van der Waals surface area (Å²) in [5.41, 5.74) is 0. The maximum atomic E-state index is 11.6. The van der Waals surface area contributed by atoms with E-state index in [4.69, 9.17) is 4.74 Å². The summed E-state index contributed by atoms with van der Waals surface area (Å²) < 4.78 is 5.23. The number of rotatable bonds is 0. The number of esters is 1. The molecule has 112 valence electrons. The van der Waals surface area contributed by atoms with Gasteiger partial charge in [0.25, 0.3) is 0 Å². The van der Waals surface area contributed by atoms with Crippen LogP contribution in [0, 0.1) is 11.8 Å².